The SMILES string of the molecule is CC(C)C(NC(=O)[C@@H]1CCCN1C(=O)[C@@H](NC(=O)C(C)(C)C)C(C)C)C(=O)C(F)(F)F. The molecule has 0 saturated carbocycles. The summed E-state index contributed by atoms with van der Waals surface area (Å²) in [5.74, 6) is -4.66. The molecule has 2 N–H and O–H groups in total. The lowest BCUT2D eigenvalue weighted by Gasteiger charge is -2.33. The summed E-state index contributed by atoms with van der Waals surface area (Å²) in [7, 11) is 0. The van der Waals surface area contributed by atoms with Gasteiger partial charge in [0.15, 0.2) is 0 Å². The Hall–Kier alpha value is -2.13. The number of rotatable bonds is 7. The third-order valence-corrected chi connectivity index (χ3v) is 5.27. The molecule has 7 nitrogen and oxygen atoms in total. The van der Waals surface area contributed by atoms with E-state index in [-0.39, 0.29) is 24.8 Å². The molecule has 0 bridgehead atoms. The number of carbonyl (C=O) groups is 4. The van der Waals surface area contributed by atoms with Crippen molar-refractivity contribution in [2.24, 2.45) is 17.3 Å². The van der Waals surface area contributed by atoms with E-state index in [1.54, 1.807) is 34.6 Å². The molecular formula is C21H34F3N3O4. The zero-order valence-electron chi connectivity index (χ0n) is 19.2. The van der Waals surface area contributed by atoms with Gasteiger partial charge in [-0.05, 0) is 24.7 Å². The van der Waals surface area contributed by atoms with Gasteiger partial charge in [-0.15, -0.1) is 0 Å². The minimum atomic E-state index is -5.08. The number of halogens is 3. The van der Waals surface area contributed by atoms with Gasteiger partial charge in [-0.25, -0.2) is 0 Å². The van der Waals surface area contributed by atoms with Gasteiger partial charge in [0.05, 0.1) is 6.04 Å². The molecular weight excluding hydrogens is 415 g/mol. The molecule has 0 spiro atoms. The summed E-state index contributed by atoms with van der Waals surface area (Å²) in [5, 5.41) is 4.92. The van der Waals surface area contributed by atoms with Gasteiger partial charge in [0.1, 0.15) is 12.1 Å². The molecule has 3 amide bonds. The molecule has 10 heteroatoms. The van der Waals surface area contributed by atoms with Gasteiger partial charge in [0.2, 0.25) is 17.7 Å². The number of amides is 3. The number of nitrogens with one attached hydrogen (secondary N) is 2. The molecule has 1 fully saturated rings. The third-order valence-electron chi connectivity index (χ3n) is 5.27. The Bertz CT molecular complexity index is 699. The van der Waals surface area contributed by atoms with Crippen LogP contribution in [0.5, 0.6) is 0 Å². The Morgan fingerprint density at radius 2 is 1.42 bits per heavy atom. The standard InChI is InChI=1S/C21H34F3N3O4/c1-11(2)14(16(28)21(22,23)24)25-17(29)13-9-8-10-27(13)18(30)15(12(3)4)26-19(31)20(5,6)7/h11-15H,8-10H2,1-7H3,(H,25,29)(H,26,31)/t13-,14?,15-/m0/s1. The normalized spacial score (nSPS) is 19.4. The Morgan fingerprint density at radius 1 is 0.903 bits per heavy atom. The Kier molecular flexibility index (Phi) is 8.67. The van der Waals surface area contributed by atoms with Crippen LogP contribution in [0.1, 0.15) is 61.3 Å². The van der Waals surface area contributed by atoms with Crippen molar-refractivity contribution < 1.29 is 32.3 Å². The number of carbonyl (C=O) groups excluding carboxylic acids is 4. The minimum absolute atomic E-state index is 0.241. The van der Waals surface area contributed by atoms with Crippen molar-refractivity contribution >= 4 is 23.5 Å². The summed E-state index contributed by atoms with van der Waals surface area (Å²) in [6, 6.07) is -3.60. The summed E-state index contributed by atoms with van der Waals surface area (Å²) >= 11 is 0. The van der Waals surface area contributed by atoms with Crippen LogP contribution in [-0.4, -0.2) is 59.3 Å². The molecule has 0 aromatic rings. The fraction of sp³-hybridized carbons (Fsp3) is 0.810. The minimum Gasteiger partial charge on any atom is -0.344 e. The van der Waals surface area contributed by atoms with Crippen LogP contribution in [0.3, 0.4) is 0 Å². The second kappa shape index (κ2) is 9.99. The first-order chi connectivity index (χ1) is 14.0. The summed E-state index contributed by atoms with van der Waals surface area (Å²) in [5.41, 5.74) is -0.725. The number of alkyl halides is 3. The highest BCUT2D eigenvalue weighted by atomic mass is 19.4. The van der Waals surface area contributed by atoms with Crippen LogP contribution in [0.2, 0.25) is 0 Å². The van der Waals surface area contributed by atoms with Gasteiger partial charge in [-0.1, -0.05) is 48.5 Å². The molecule has 1 unspecified atom stereocenters. The van der Waals surface area contributed by atoms with E-state index in [1.807, 2.05) is 0 Å². The highest BCUT2D eigenvalue weighted by Crippen LogP contribution is 2.24. The van der Waals surface area contributed by atoms with Crippen molar-refractivity contribution in [2.45, 2.75) is 85.6 Å². The zero-order valence-corrected chi connectivity index (χ0v) is 19.2. The molecule has 0 radical (unpaired) electrons. The molecule has 0 aliphatic carbocycles. The van der Waals surface area contributed by atoms with Gasteiger partial charge in [-0.2, -0.15) is 13.2 Å². The third kappa shape index (κ3) is 6.93. The first kappa shape index (κ1) is 26.9. The first-order valence-corrected chi connectivity index (χ1v) is 10.5. The quantitative estimate of drug-likeness (QED) is 0.624. The zero-order chi connectivity index (χ0) is 24.3. The number of ketones is 1. The second-order valence-corrected chi connectivity index (χ2v) is 9.73. The molecule has 31 heavy (non-hydrogen) atoms. The van der Waals surface area contributed by atoms with Crippen molar-refractivity contribution in [3.8, 4) is 0 Å². The van der Waals surface area contributed by atoms with E-state index >= 15 is 0 Å². The van der Waals surface area contributed by atoms with E-state index in [4.69, 9.17) is 0 Å². The Morgan fingerprint density at radius 3 is 1.84 bits per heavy atom. The second-order valence-electron chi connectivity index (χ2n) is 9.73. The average Bonchev–Trinajstić information content (AvgIpc) is 3.10. The van der Waals surface area contributed by atoms with Crippen LogP contribution in [0.4, 0.5) is 13.2 Å². The summed E-state index contributed by atoms with van der Waals surface area (Å²) in [6.07, 6.45) is -4.32. The largest absolute Gasteiger partial charge is 0.452 e. The summed E-state index contributed by atoms with van der Waals surface area (Å²) < 4.78 is 38.7. The molecule has 0 aromatic carbocycles. The van der Waals surface area contributed by atoms with Crippen molar-refractivity contribution in [2.75, 3.05) is 6.54 Å². The molecule has 1 saturated heterocycles. The fourth-order valence-electron chi connectivity index (χ4n) is 3.31. The van der Waals surface area contributed by atoms with E-state index in [1.165, 1.54) is 18.7 Å². The maximum Gasteiger partial charge on any atom is 0.452 e. The van der Waals surface area contributed by atoms with Gasteiger partial charge >= 0.3 is 6.18 Å². The maximum atomic E-state index is 13.2. The maximum absolute atomic E-state index is 13.2. The lowest BCUT2D eigenvalue weighted by atomic mass is 9.93. The van der Waals surface area contributed by atoms with Crippen LogP contribution in [0, 0.1) is 17.3 Å². The molecule has 1 aliphatic rings. The van der Waals surface area contributed by atoms with Crippen molar-refractivity contribution in [1.29, 1.82) is 0 Å². The predicted octanol–water partition coefficient (Wildman–Crippen LogP) is 2.44. The molecule has 1 aliphatic heterocycles. The van der Waals surface area contributed by atoms with Gasteiger partial charge in [0.25, 0.3) is 5.78 Å². The molecule has 1 rings (SSSR count). The van der Waals surface area contributed by atoms with Gasteiger partial charge < -0.3 is 15.5 Å². The molecule has 178 valence electrons. The van der Waals surface area contributed by atoms with E-state index in [0.717, 1.165) is 0 Å². The fourth-order valence-corrected chi connectivity index (χ4v) is 3.31. The Labute approximate surface area is 181 Å². The smallest absolute Gasteiger partial charge is 0.344 e. The molecule has 0 aromatic heterocycles. The number of nitrogens with zero attached hydrogens (tertiary/aromatic N) is 1. The number of hydrogen-bond acceptors (Lipinski definition) is 4. The highest BCUT2D eigenvalue weighted by Gasteiger charge is 2.46. The van der Waals surface area contributed by atoms with Crippen molar-refractivity contribution in [3.05, 3.63) is 0 Å². The van der Waals surface area contributed by atoms with E-state index in [2.05, 4.69) is 10.6 Å². The lowest BCUT2D eigenvalue weighted by molar-refractivity contribution is -0.175. The first-order valence-electron chi connectivity index (χ1n) is 10.5. The Balaban J connectivity index is 3.03. The topological polar surface area (TPSA) is 95.6 Å². The lowest BCUT2D eigenvalue weighted by Crippen LogP contribution is -2.58. The van der Waals surface area contributed by atoms with E-state index < -0.39 is 53.2 Å². The van der Waals surface area contributed by atoms with Crippen LogP contribution in [-0.2, 0) is 19.2 Å². The van der Waals surface area contributed by atoms with Crippen LogP contribution in [0.15, 0.2) is 0 Å². The highest BCUT2D eigenvalue weighted by molar-refractivity contribution is 5.96. The number of Topliss-reactive ketones (excluding diaryl/α,β-unsaturated/α-hetero) is 1. The summed E-state index contributed by atoms with van der Waals surface area (Å²) in [6.45, 7) is 11.7. The number of likely N-dealkylation sites (tertiary alicyclic amines) is 1. The van der Waals surface area contributed by atoms with Gasteiger partial charge in [0, 0.05) is 12.0 Å². The van der Waals surface area contributed by atoms with Crippen molar-refractivity contribution in [3.63, 3.8) is 0 Å². The predicted molar refractivity (Wildman–Crippen MR) is 109 cm³/mol. The van der Waals surface area contributed by atoms with Gasteiger partial charge in [-0.3, -0.25) is 19.2 Å². The van der Waals surface area contributed by atoms with Crippen LogP contribution < -0.4 is 10.6 Å². The van der Waals surface area contributed by atoms with E-state index in [9.17, 15) is 32.3 Å². The van der Waals surface area contributed by atoms with Crippen LogP contribution in [0.25, 0.3) is 0 Å². The summed E-state index contributed by atoms with van der Waals surface area (Å²) in [4.78, 5) is 51.3. The van der Waals surface area contributed by atoms with Crippen LogP contribution >= 0.6 is 0 Å². The monoisotopic (exact) mass is 449 g/mol. The molecule has 1 heterocycles. The average molecular weight is 450 g/mol. The number of hydrogen-bond donors (Lipinski definition) is 2. The molecule has 3 atom stereocenters. The van der Waals surface area contributed by atoms with Crippen molar-refractivity contribution in [1.82, 2.24) is 15.5 Å². The van der Waals surface area contributed by atoms with E-state index in [0.29, 0.717) is 6.42 Å².